The van der Waals surface area contributed by atoms with E-state index in [1.165, 1.54) is 6.07 Å². The fraction of sp³-hybridized carbons (Fsp3) is 0.533. The van der Waals surface area contributed by atoms with Crippen LogP contribution in [-0.2, 0) is 6.42 Å². The first-order valence-corrected chi connectivity index (χ1v) is 7.02. The number of rotatable bonds is 7. The molecule has 0 fully saturated rings. The lowest BCUT2D eigenvalue weighted by Crippen LogP contribution is -2.34. The number of carboxylic acid groups (broad SMARTS) is 1. The van der Waals surface area contributed by atoms with Crippen LogP contribution in [0.2, 0.25) is 0 Å². The van der Waals surface area contributed by atoms with E-state index >= 15 is 0 Å². The molecule has 0 amide bonds. The van der Waals surface area contributed by atoms with Gasteiger partial charge in [-0.15, -0.1) is 0 Å². The number of carbonyl (C=O) groups is 1. The van der Waals surface area contributed by atoms with E-state index in [9.17, 15) is 4.79 Å². The number of benzene rings is 1. The zero-order chi connectivity index (χ0) is 15.3. The molecule has 0 radical (unpaired) electrons. The minimum absolute atomic E-state index is 0.0667. The first-order chi connectivity index (χ1) is 9.36. The van der Waals surface area contributed by atoms with Crippen LogP contribution in [-0.4, -0.2) is 23.2 Å². The highest BCUT2D eigenvalue weighted by Crippen LogP contribution is 2.25. The molecule has 2 unspecified atom stereocenters. The summed E-state index contributed by atoms with van der Waals surface area (Å²) in [4.78, 5) is 11.0. The molecule has 0 aliphatic carbocycles. The summed E-state index contributed by atoms with van der Waals surface area (Å²) in [5, 5.41) is 12.5. The van der Waals surface area contributed by atoms with E-state index in [2.05, 4.69) is 26.1 Å². The number of hydrogen-bond donors (Lipinski definition) is 4. The van der Waals surface area contributed by atoms with E-state index in [1.807, 2.05) is 0 Å². The number of carboxylic acids is 1. The quantitative estimate of drug-likeness (QED) is 0.573. The van der Waals surface area contributed by atoms with Gasteiger partial charge in [-0.25, -0.2) is 4.79 Å². The second kappa shape index (κ2) is 7.14. The van der Waals surface area contributed by atoms with E-state index in [-0.39, 0.29) is 11.3 Å². The Morgan fingerprint density at radius 3 is 2.45 bits per heavy atom. The van der Waals surface area contributed by atoms with Crippen LogP contribution in [0, 0.1) is 0 Å². The Bertz CT molecular complexity index is 474. The molecule has 2 atom stereocenters. The Hall–Kier alpha value is -1.75. The lowest BCUT2D eigenvalue weighted by atomic mass is 10.0. The molecule has 5 heteroatoms. The van der Waals surface area contributed by atoms with Gasteiger partial charge in [-0.1, -0.05) is 13.0 Å². The third-order valence-electron chi connectivity index (χ3n) is 3.64. The molecule has 0 aliphatic rings. The number of nitrogens with one attached hydrogen (secondary N) is 1. The average Bonchev–Trinajstić information content (AvgIpc) is 2.39. The Labute approximate surface area is 120 Å². The Morgan fingerprint density at radius 1 is 1.25 bits per heavy atom. The highest BCUT2D eigenvalue weighted by molar-refractivity contribution is 5.97. The molecule has 20 heavy (non-hydrogen) atoms. The number of aryl methyl sites for hydroxylation is 1. The van der Waals surface area contributed by atoms with Gasteiger partial charge in [0.15, 0.2) is 0 Å². The highest BCUT2D eigenvalue weighted by Gasteiger charge is 2.14. The number of nitrogen functional groups attached to an aromatic ring is 2. The van der Waals surface area contributed by atoms with Crippen molar-refractivity contribution >= 4 is 17.3 Å². The van der Waals surface area contributed by atoms with Crippen LogP contribution in [0.15, 0.2) is 12.1 Å². The van der Waals surface area contributed by atoms with Gasteiger partial charge in [0.25, 0.3) is 0 Å². The molecule has 112 valence electrons. The van der Waals surface area contributed by atoms with E-state index in [0.29, 0.717) is 17.8 Å². The van der Waals surface area contributed by atoms with Gasteiger partial charge in [0, 0.05) is 12.1 Å². The van der Waals surface area contributed by atoms with Gasteiger partial charge in [0.05, 0.1) is 16.9 Å². The molecule has 1 rings (SSSR count). The number of nitrogens with two attached hydrogens (primary N) is 2. The first kappa shape index (κ1) is 16.3. The molecule has 0 bridgehead atoms. The standard InChI is InChI=1S/C15H25N3O2/c1-4-9(2)18-10(3)5-6-11-7-8-12(15(19)20)14(17)13(11)16/h7-10,18H,4-6,16-17H2,1-3H3,(H,19,20). The van der Waals surface area contributed by atoms with Gasteiger partial charge in [0.1, 0.15) is 0 Å². The molecule has 1 aromatic carbocycles. The summed E-state index contributed by atoms with van der Waals surface area (Å²) in [5.41, 5.74) is 13.2. The SMILES string of the molecule is CCC(C)NC(C)CCc1ccc(C(=O)O)c(N)c1N. The largest absolute Gasteiger partial charge is 0.478 e. The van der Waals surface area contributed by atoms with E-state index in [0.717, 1.165) is 24.8 Å². The zero-order valence-electron chi connectivity index (χ0n) is 12.4. The molecule has 5 nitrogen and oxygen atoms in total. The van der Waals surface area contributed by atoms with Crippen LogP contribution < -0.4 is 16.8 Å². The molecule has 6 N–H and O–H groups in total. The molecule has 0 spiro atoms. The minimum Gasteiger partial charge on any atom is -0.478 e. The molecular weight excluding hydrogens is 254 g/mol. The van der Waals surface area contributed by atoms with E-state index in [1.54, 1.807) is 6.07 Å². The Morgan fingerprint density at radius 2 is 1.90 bits per heavy atom. The van der Waals surface area contributed by atoms with Gasteiger partial charge in [-0.2, -0.15) is 0 Å². The number of hydrogen-bond acceptors (Lipinski definition) is 4. The summed E-state index contributed by atoms with van der Waals surface area (Å²) < 4.78 is 0. The maximum atomic E-state index is 11.0. The minimum atomic E-state index is -1.05. The first-order valence-electron chi connectivity index (χ1n) is 7.02. The topological polar surface area (TPSA) is 101 Å². The molecule has 1 aromatic rings. The fourth-order valence-electron chi connectivity index (χ4n) is 2.14. The highest BCUT2D eigenvalue weighted by atomic mass is 16.4. The maximum Gasteiger partial charge on any atom is 0.337 e. The van der Waals surface area contributed by atoms with Crippen LogP contribution in [0.5, 0.6) is 0 Å². The second-order valence-corrected chi connectivity index (χ2v) is 5.32. The summed E-state index contributed by atoms with van der Waals surface area (Å²) in [6.07, 6.45) is 2.80. The molecule has 0 aromatic heterocycles. The van der Waals surface area contributed by atoms with Crippen LogP contribution in [0.25, 0.3) is 0 Å². The lowest BCUT2D eigenvalue weighted by Gasteiger charge is -2.19. The molecular formula is C15H25N3O2. The molecule has 0 saturated carbocycles. The van der Waals surface area contributed by atoms with Gasteiger partial charge in [-0.05, 0) is 44.7 Å². The van der Waals surface area contributed by atoms with Gasteiger partial charge in [-0.3, -0.25) is 0 Å². The van der Waals surface area contributed by atoms with Crippen molar-refractivity contribution in [3.8, 4) is 0 Å². The van der Waals surface area contributed by atoms with Crippen molar-refractivity contribution in [2.45, 2.75) is 52.1 Å². The predicted molar refractivity (Wildman–Crippen MR) is 82.9 cm³/mol. The molecule has 0 heterocycles. The van der Waals surface area contributed by atoms with Crippen LogP contribution >= 0.6 is 0 Å². The van der Waals surface area contributed by atoms with Crippen molar-refractivity contribution in [2.75, 3.05) is 11.5 Å². The van der Waals surface area contributed by atoms with Gasteiger partial charge < -0.3 is 21.9 Å². The summed E-state index contributed by atoms with van der Waals surface area (Å²) >= 11 is 0. The summed E-state index contributed by atoms with van der Waals surface area (Å²) in [7, 11) is 0. The third kappa shape index (κ3) is 4.13. The lowest BCUT2D eigenvalue weighted by molar-refractivity contribution is 0.0698. The van der Waals surface area contributed by atoms with Gasteiger partial charge in [0.2, 0.25) is 0 Å². The van der Waals surface area contributed by atoms with Crippen molar-refractivity contribution in [1.29, 1.82) is 0 Å². The van der Waals surface area contributed by atoms with Crippen LogP contribution in [0.4, 0.5) is 11.4 Å². The normalized spacial score (nSPS) is 13.9. The van der Waals surface area contributed by atoms with Gasteiger partial charge >= 0.3 is 5.97 Å². The Kier molecular flexibility index (Phi) is 5.82. The van der Waals surface area contributed by atoms with Crippen molar-refractivity contribution in [3.05, 3.63) is 23.3 Å². The van der Waals surface area contributed by atoms with Crippen molar-refractivity contribution in [1.82, 2.24) is 5.32 Å². The summed E-state index contributed by atoms with van der Waals surface area (Å²) in [6, 6.07) is 4.15. The van der Waals surface area contributed by atoms with Crippen molar-refractivity contribution < 1.29 is 9.90 Å². The van der Waals surface area contributed by atoms with Crippen molar-refractivity contribution in [2.24, 2.45) is 0 Å². The van der Waals surface area contributed by atoms with Crippen molar-refractivity contribution in [3.63, 3.8) is 0 Å². The predicted octanol–water partition coefficient (Wildman–Crippen LogP) is 2.26. The number of anilines is 2. The second-order valence-electron chi connectivity index (χ2n) is 5.32. The smallest absolute Gasteiger partial charge is 0.337 e. The third-order valence-corrected chi connectivity index (χ3v) is 3.64. The molecule has 0 aliphatic heterocycles. The van der Waals surface area contributed by atoms with E-state index < -0.39 is 5.97 Å². The number of aromatic carboxylic acids is 1. The average molecular weight is 279 g/mol. The zero-order valence-corrected chi connectivity index (χ0v) is 12.4. The molecule has 0 saturated heterocycles. The Balaban J connectivity index is 2.70. The summed E-state index contributed by atoms with van der Waals surface area (Å²) in [5.74, 6) is -1.05. The summed E-state index contributed by atoms with van der Waals surface area (Å²) in [6.45, 7) is 6.44. The van der Waals surface area contributed by atoms with Crippen LogP contribution in [0.3, 0.4) is 0 Å². The maximum absolute atomic E-state index is 11.0. The monoisotopic (exact) mass is 279 g/mol. The van der Waals surface area contributed by atoms with E-state index in [4.69, 9.17) is 16.6 Å². The fourth-order valence-corrected chi connectivity index (χ4v) is 2.14. The van der Waals surface area contributed by atoms with Crippen LogP contribution in [0.1, 0.15) is 49.5 Å².